The molecule has 18 heavy (non-hydrogen) atoms. The average Bonchev–Trinajstić information content (AvgIpc) is 2.61. The van der Waals surface area contributed by atoms with Gasteiger partial charge in [0.1, 0.15) is 5.60 Å². The number of carbonyl (C=O) groups excluding carboxylic acids is 2. The Bertz CT molecular complexity index is 321. The van der Waals surface area contributed by atoms with Crippen LogP contribution in [0.4, 0.5) is 4.79 Å². The molecular weight excluding hydrogens is 232 g/mol. The standard InChI is InChI=1S/C13H24N2O3/c1-9(2)14-11(16)10-6-7-15(8-10)12(17)18-13(3,4)5/h9-10H,6-8H2,1-5H3,(H,14,16)/t10-/m1/s1. The van der Waals surface area contributed by atoms with Gasteiger partial charge in [0.15, 0.2) is 0 Å². The number of rotatable bonds is 2. The summed E-state index contributed by atoms with van der Waals surface area (Å²) >= 11 is 0. The van der Waals surface area contributed by atoms with Gasteiger partial charge in [-0.2, -0.15) is 0 Å². The fraction of sp³-hybridized carbons (Fsp3) is 0.846. The first-order valence-corrected chi connectivity index (χ1v) is 6.47. The Hall–Kier alpha value is -1.26. The monoisotopic (exact) mass is 256 g/mol. The van der Waals surface area contributed by atoms with E-state index in [-0.39, 0.29) is 24.0 Å². The fourth-order valence-electron chi connectivity index (χ4n) is 1.87. The lowest BCUT2D eigenvalue weighted by atomic mass is 10.1. The molecule has 0 aromatic heterocycles. The number of ether oxygens (including phenoxy) is 1. The van der Waals surface area contributed by atoms with Crippen molar-refractivity contribution in [3.8, 4) is 0 Å². The van der Waals surface area contributed by atoms with Crippen molar-refractivity contribution in [2.24, 2.45) is 5.92 Å². The fourth-order valence-corrected chi connectivity index (χ4v) is 1.87. The second-order valence-corrected chi connectivity index (χ2v) is 6.08. The number of hydrogen-bond donors (Lipinski definition) is 1. The molecule has 1 fully saturated rings. The summed E-state index contributed by atoms with van der Waals surface area (Å²) in [5.74, 6) is -0.0871. The molecule has 1 N–H and O–H groups in total. The van der Waals surface area contributed by atoms with E-state index in [4.69, 9.17) is 4.74 Å². The number of nitrogens with zero attached hydrogens (tertiary/aromatic N) is 1. The van der Waals surface area contributed by atoms with Gasteiger partial charge in [-0.05, 0) is 41.0 Å². The molecule has 0 saturated carbocycles. The molecule has 5 nitrogen and oxygen atoms in total. The lowest BCUT2D eigenvalue weighted by molar-refractivity contribution is -0.125. The van der Waals surface area contributed by atoms with E-state index in [0.29, 0.717) is 19.5 Å². The van der Waals surface area contributed by atoms with Gasteiger partial charge < -0.3 is 15.0 Å². The summed E-state index contributed by atoms with van der Waals surface area (Å²) in [6.07, 6.45) is 0.375. The van der Waals surface area contributed by atoms with Gasteiger partial charge in [0, 0.05) is 19.1 Å². The van der Waals surface area contributed by atoms with Crippen LogP contribution >= 0.6 is 0 Å². The third kappa shape index (κ3) is 4.55. The summed E-state index contributed by atoms with van der Waals surface area (Å²) in [7, 11) is 0. The highest BCUT2D eigenvalue weighted by atomic mass is 16.6. The SMILES string of the molecule is CC(C)NC(=O)[C@@H]1CCN(C(=O)OC(C)(C)C)C1. The predicted molar refractivity (Wildman–Crippen MR) is 69.2 cm³/mol. The number of amides is 2. The second kappa shape index (κ2) is 5.59. The highest BCUT2D eigenvalue weighted by molar-refractivity contribution is 5.80. The quantitative estimate of drug-likeness (QED) is 0.819. The Morgan fingerprint density at radius 1 is 1.33 bits per heavy atom. The summed E-state index contributed by atoms with van der Waals surface area (Å²) < 4.78 is 5.29. The van der Waals surface area contributed by atoms with Crippen LogP contribution in [0.15, 0.2) is 0 Å². The Morgan fingerprint density at radius 3 is 2.44 bits per heavy atom. The molecular formula is C13H24N2O3. The molecule has 1 atom stereocenters. The minimum Gasteiger partial charge on any atom is -0.444 e. The van der Waals surface area contributed by atoms with Gasteiger partial charge in [0.2, 0.25) is 5.91 Å². The van der Waals surface area contributed by atoms with Crippen molar-refractivity contribution in [3.63, 3.8) is 0 Å². The summed E-state index contributed by atoms with van der Waals surface area (Å²) in [5.41, 5.74) is -0.491. The number of nitrogens with one attached hydrogen (secondary N) is 1. The number of carbonyl (C=O) groups is 2. The lowest BCUT2D eigenvalue weighted by Gasteiger charge is -2.24. The van der Waals surface area contributed by atoms with Crippen LogP contribution in [-0.4, -0.2) is 41.6 Å². The maximum atomic E-state index is 11.8. The van der Waals surface area contributed by atoms with Crippen LogP contribution in [0.1, 0.15) is 41.0 Å². The highest BCUT2D eigenvalue weighted by Crippen LogP contribution is 2.19. The number of hydrogen-bond acceptors (Lipinski definition) is 3. The molecule has 1 saturated heterocycles. The predicted octanol–water partition coefficient (Wildman–Crippen LogP) is 1.77. The maximum Gasteiger partial charge on any atom is 0.410 e. The topological polar surface area (TPSA) is 58.6 Å². The Labute approximate surface area is 109 Å². The van der Waals surface area contributed by atoms with Crippen molar-refractivity contribution in [2.45, 2.75) is 52.7 Å². The van der Waals surface area contributed by atoms with Crippen LogP contribution in [0.5, 0.6) is 0 Å². The van der Waals surface area contributed by atoms with Crippen LogP contribution in [0, 0.1) is 5.92 Å². The van der Waals surface area contributed by atoms with E-state index in [2.05, 4.69) is 5.32 Å². The van der Waals surface area contributed by atoms with Gasteiger partial charge >= 0.3 is 6.09 Å². The lowest BCUT2D eigenvalue weighted by Crippen LogP contribution is -2.39. The van der Waals surface area contributed by atoms with Crippen LogP contribution in [0.2, 0.25) is 0 Å². The van der Waals surface area contributed by atoms with E-state index in [1.807, 2.05) is 34.6 Å². The first-order valence-electron chi connectivity index (χ1n) is 6.47. The van der Waals surface area contributed by atoms with Crippen molar-refractivity contribution in [3.05, 3.63) is 0 Å². The molecule has 1 heterocycles. The molecule has 2 amide bonds. The second-order valence-electron chi connectivity index (χ2n) is 6.08. The molecule has 1 aliphatic heterocycles. The molecule has 0 bridgehead atoms. The van der Waals surface area contributed by atoms with E-state index in [1.54, 1.807) is 4.90 Å². The normalized spacial score (nSPS) is 20.1. The zero-order chi connectivity index (χ0) is 13.9. The smallest absolute Gasteiger partial charge is 0.410 e. The minimum atomic E-state index is -0.491. The van der Waals surface area contributed by atoms with Crippen molar-refractivity contribution < 1.29 is 14.3 Å². The van der Waals surface area contributed by atoms with Crippen molar-refractivity contribution in [2.75, 3.05) is 13.1 Å². The summed E-state index contributed by atoms with van der Waals surface area (Å²) in [6.45, 7) is 10.4. The van der Waals surface area contributed by atoms with E-state index in [1.165, 1.54) is 0 Å². The zero-order valence-corrected chi connectivity index (χ0v) is 11.9. The molecule has 0 aromatic carbocycles. The largest absolute Gasteiger partial charge is 0.444 e. The van der Waals surface area contributed by atoms with Crippen molar-refractivity contribution in [1.82, 2.24) is 10.2 Å². The molecule has 0 radical (unpaired) electrons. The van der Waals surface area contributed by atoms with E-state index >= 15 is 0 Å². The summed E-state index contributed by atoms with van der Waals surface area (Å²) in [4.78, 5) is 25.2. The molecule has 1 aliphatic rings. The van der Waals surface area contributed by atoms with Crippen LogP contribution < -0.4 is 5.32 Å². The Balaban J connectivity index is 2.46. The zero-order valence-electron chi connectivity index (χ0n) is 11.9. The molecule has 1 rings (SSSR count). The molecule has 5 heteroatoms. The first-order chi connectivity index (χ1) is 8.19. The molecule has 0 unspecified atom stereocenters. The van der Waals surface area contributed by atoms with Crippen LogP contribution in [-0.2, 0) is 9.53 Å². The van der Waals surface area contributed by atoms with Gasteiger partial charge in [0.25, 0.3) is 0 Å². The van der Waals surface area contributed by atoms with Gasteiger partial charge in [-0.3, -0.25) is 4.79 Å². The molecule has 0 spiro atoms. The Morgan fingerprint density at radius 2 is 1.94 bits per heavy atom. The molecule has 104 valence electrons. The third-order valence-corrected chi connectivity index (χ3v) is 2.64. The van der Waals surface area contributed by atoms with Gasteiger partial charge in [-0.1, -0.05) is 0 Å². The van der Waals surface area contributed by atoms with Gasteiger partial charge in [-0.25, -0.2) is 4.79 Å². The number of likely N-dealkylation sites (tertiary alicyclic amines) is 1. The van der Waals surface area contributed by atoms with E-state index in [9.17, 15) is 9.59 Å². The molecule has 0 aliphatic carbocycles. The van der Waals surface area contributed by atoms with Gasteiger partial charge in [-0.15, -0.1) is 0 Å². The molecule has 0 aromatic rings. The highest BCUT2D eigenvalue weighted by Gasteiger charge is 2.33. The third-order valence-electron chi connectivity index (χ3n) is 2.64. The van der Waals surface area contributed by atoms with Gasteiger partial charge in [0.05, 0.1) is 5.92 Å². The van der Waals surface area contributed by atoms with Crippen LogP contribution in [0.3, 0.4) is 0 Å². The Kier molecular flexibility index (Phi) is 4.59. The van der Waals surface area contributed by atoms with E-state index in [0.717, 1.165) is 0 Å². The van der Waals surface area contributed by atoms with Crippen molar-refractivity contribution in [1.29, 1.82) is 0 Å². The van der Waals surface area contributed by atoms with Crippen LogP contribution in [0.25, 0.3) is 0 Å². The first kappa shape index (κ1) is 14.8. The minimum absolute atomic E-state index is 0.0241. The average molecular weight is 256 g/mol. The summed E-state index contributed by atoms with van der Waals surface area (Å²) in [5, 5.41) is 2.87. The van der Waals surface area contributed by atoms with Crippen molar-refractivity contribution >= 4 is 12.0 Å². The summed E-state index contributed by atoms with van der Waals surface area (Å²) in [6, 6.07) is 0.132. The van der Waals surface area contributed by atoms with E-state index < -0.39 is 5.60 Å². The maximum absolute atomic E-state index is 11.8.